The Labute approximate surface area is 121 Å². The van der Waals surface area contributed by atoms with E-state index in [9.17, 15) is 9.59 Å². The Hall–Kier alpha value is -1.49. The third-order valence-electron chi connectivity index (χ3n) is 4.82. The fraction of sp³-hybridized carbons (Fsp3) is 0.467. The second-order valence-electron chi connectivity index (χ2n) is 5.76. The van der Waals surface area contributed by atoms with Crippen molar-refractivity contribution in [3.05, 3.63) is 29.3 Å². The van der Waals surface area contributed by atoms with Gasteiger partial charge in [-0.2, -0.15) is 0 Å². The Balaban J connectivity index is 1.76. The monoisotopic (exact) mass is 289 g/mol. The number of carbonyl (C=O) groups excluding carboxylic acids is 2. The summed E-state index contributed by atoms with van der Waals surface area (Å²) >= 11 is 1.15. The summed E-state index contributed by atoms with van der Waals surface area (Å²) < 4.78 is 5.31. The van der Waals surface area contributed by atoms with Crippen LogP contribution < -0.4 is 10.1 Å². The van der Waals surface area contributed by atoms with E-state index in [0.717, 1.165) is 30.4 Å². The summed E-state index contributed by atoms with van der Waals surface area (Å²) in [5, 5.41) is 1.94. The number of carbonyl (C=O) groups is 2. The molecule has 1 saturated carbocycles. The minimum atomic E-state index is -0.263. The van der Waals surface area contributed by atoms with Gasteiger partial charge in [-0.1, -0.05) is 17.8 Å². The molecule has 1 heterocycles. The first-order chi connectivity index (χ1) is 9.67. The Kier molecular flexibility index (Phi) is 2.61. The molecule has 2 unspecified atom stereocenters. The third kappa shape index (κ3) is 1.62. The van der Waals surface area contributed by atoms with Crippen molar-refractivity contribution in [2.45, 2.75) is 29.9 Å². The van der Waals surface area contributed by atoms with Gasteiger partial charge in [0, 0.05) is 5.92 Å². The van der Waals surface area contributed by atoms with E-state index in [0.29, 0.717) is 11.8 Å². The summed E-state index contributed by atoms with van der Waals surface area (Å²) in [7, 11) is 1.67. The molecular weight excluding hydrogens is 274 g/mol. The van der Waals surface area contributed by atoms with Gasteiger partial charge in [0.1, 0.15) is 11.0 Å². The van der Waals surface area contributed by atoms with Crippen molar-refractivity contribution in [3.63, 3.8) is 0 Å². The van der Waals surface area contributed by atoms with Crippen molar-refractivity contribution in [1.82, 2.24) is 5.32 Å². The Morgan fingerprint density at radius 1 is 1.25 bits per heavy atom. The number of methoxy groups -OCH3 is 1. The molecule has 1 aromatic carbocycles. The smallest absolute Gasteiger partial charge is 0.286 e. The lowest BCUT2D eigenvalue weighted by atomic mass is 9.56. The molecule has 20 heavy (non-hydrogen) atoms. The summed E-state index contributed by atoms with van der Waals surface area (Å²) in [6.45, 7) is 0. The summed E-state index contributed by atoms with van der Waals surface area (Å²) in [4.78, 5) is 23.5. The van der Waals surface area contributed by atoms with Gasteiger partial charge in [-0.3, -0.25) is 14.9 Å². The van der Waals surface area contributed by atoms with Gasteiger partial charge in [0.15, 0.2) is 0 Å². The fourth-order valence-corrected chi connectivity index (χ4v) is 4.89. The molecule has 2 fully saturated rings. The summed E-state index contributed by atoms with van der Waals surface area (Å²) in [6.07, 6.45) is 2.26. The van der Waals surface area contributed by atoms with Crippen LogP contribution in [0.1, 0.15) is 35.8 Å². The highest BCUT2D eigenvalue weighted by Gasteiger charge is 2.51. The van der Waals surface area contributed by atoms with Crippen molar-refractivity contribution in [2.75, 3.05) is 7.11 Å². The van der Waals surface area contributed by atoms with Crippen molar-refractivity contribution in [2.24, 2.45) is 5.92 Å². The number of amides is 2. The molecule has 2 atom stereocenters. The maximum Gasteiger partial charge on any atom is 0.286 e. The van der Waals surface area contributed by atoms with Crippen LogP contribution in [0.15, 0.2) is 18.2 Å². The van der Waals surface area contributed by atoms with Gasteiger partial charge in [0.05, 0.1) is 7.11 Å². The van der Waals surface area contributed by atoms with E-state index in [-0.39, 0.29) is 22.3 Å². The SMILES string of the molecule is COc1ccc2c(c1)C1CC(C1)C2C1SC(=O)NC1=O. The van der Waals surface area contributed by atoms with Crippen LogP contribution in [0.25, 0.3) is 0 Å². The lowest BCUT2D eigenvalue weighted by molar-refractivity contribution is -0.119. The molecule has 1 aliphatic heterocycles. The number of ether oxygens (including phenoxy) is 1. The van der Waals surface area contributed by atoms with Crippen LogP contribution in [-0.2, 0) is 4.79 Å². The molecule has 104 valence electrons. The van der Waals surface area contributed by atoms with Gasteiger partial charge in [-0.25, -0.2) is 0 Å². The second-order valence-corrected chi connectivity index (χ2v) is 6.88. The molecule has 4 nitrogen and oxygen atoms in total. The number of nitrogens with one attached hydrogen (secondary N) is 1. The Morgan fingerprint density at radius 3 is 2.70 bits per heavy atom. The Morgan fingerprint density at radius 2 is 2.05 bits per heavy atom. The van der Waals surface area contributed by atoms with Crippen molar-refractivity contribution >= 4 is 22.9 Å². The van der Waals surface area contributed by atoms with E-state index < -0.39 is 0 Å². The predicted octanol–water partition coefficient (Wildman–Crippen LogP) is 2.64. The van der Waals surface area contributed by atoms with Crippen LogP contribution in [0.3, 0.4) is 0 Å². The van der Waals surface area contributed by atoms with E-state index >= 15 is 0 Å². The maximum absolute atomic E-state index is 12.0. The molecule has 4 aliphatic rings. The van der Waals surface area contributed by atoms with Gasteiger partial charge in [-0.15, -0.1) is 0 Å². The summed E-state index contributed by atoms with van der Waals surface area (Å²) in [6, 6.07) is 6.13. The molecule has 0 radical (unpaired) electrons. The highest BCUT2D eigenvalue weighted by molar-refractivity contribution is 8.15. The van der Waals surface area contributed by atoms with Gasteiger partial charge in [0.25, 0.3) is 5.24 Å². The van der Waals surface area contributed by atoms with E-state index in [4.69, 9.17) is 4.74 Å². The number of imide groups is 1. The predicted molar refractivity (Wildman–Crippen MR) is 76.1 cm³/mol. The van der Waals surface area contributed by atoms with Crippen LogP contribution in [0.4, 0.5) is 4.79 Å². The molecule has 2 amide bonds. The topological polar surface area (TPSA) is 55.4 Å². The number of benzene rings is 1. The molecule has 5 heteroatoms. The molecule has 1 saturated heterocycles. The number of rotatable bonds is 2. The second kappa shape index (κ2) is 4.25. The first kappa shape index (κ1) is 12.3. The normalized spacial score (nSPS) is 34.2. The number of hydrogen-bond donors (Lipinski definition) is 1. The molecule has 2 bridgehead atoms. The van der Waals surface area contributed by atoms with Crippen LogP contribution in [0.2, 0.25) is 0 Å². The van der Waals surface area contributed by atoms with Crippen LogP contribution in [0.5, 0.6) is 5.75 Å². The standard InChI is InChI=1S/C15H15NO3S/c1-19-9-2-3-10-11(6-9)7-4-8(5-7)12(10)13-14(17)16-15(18)20-13/h2-3,6-8,12-13H,4-5H2,1H3,(H,16,17,18). The van der Waals surface area contributed by atoms with Gasteiger partial charge < -0.3 is 4.74 Å². The van der Waals surface area contributed by atoms with E-state index in [1.54, 1.807) is 7.11 Å². The summed E-state index contributed by atoms with van der Waals surface area (Å²) in [5.74, 6) is 2.04. The lowest BCUT2D eigenvalue weighted by Crippen LogP contribution is -2.41. The minimum Gasteiger partial charge on any atom is -0.497 e. The Bertz CT molecular complexity index is 609. The van der Waals surface area contributed by atoms with E-state index in [2.05, 4.69) is 17.4 Å². The molecule has 0 aromatic heterocycles. The zero-order valence-corrected chi connectivity index (χ0v) is 11.9. The first-order valence-corrected chi connectivity index (χ1v) is 7.74. The molecule has 3 aliphatic carbocycles. The maximum atomic E-state index is 12.0. The fourth-order valence-electron chi connectivity index (χ4n) is 3.82. The number of hydrogen-bond acceptors (Lipinski definition) is 4. The minimum absolute atomic E-state index is 0.128. The molecule has 0 spiro atoms. The van der Waals surface area contributed by atoms with Crippen LogP contribution in [0, 0.1) is 5.92 Å². The summed E-state index contributed by atoms with van der Waals surface area (Å²) in [5.41, 5.74) is 2.55. The van der Waals surface area contributed by atoms with Crippen LogP contribution >= 0.6 is 11.8 Å². The molecule has 5 rings (SSSR count). The highest BCUT2D eigenvalue weighted by Crippen LogP contribution is 2.59. The van der Waals surface area contributed by atoms with Crippen LogP contribution in [-0.4, -0.2) is 23.5 Å². The van der Waals surface area contributed by atoms with Gasteiger partial charge in [-0.05, 0) is 47.9 Å². The quantitative estimate of drug-likeness (QED) is 0.909. The average molecular weight is 289 g/mol. The zero-order chi connectivity index (χ0) is 13.9. The van der Waals surface area contributed by atoms with Gasteiger partial charge >= 0.3 is 0 Å². The van der Waals surface area contributed by atoms with Gasteiger partial charge in [0.2, 0.25) is 5.91 Å². The van der Waals surface area contributed by atoms with Crippen molar-refractivity contribution in [3.8, 4) is 5.75 Å². The largest absolute Gasteiger partial charge is 0.497 e. The van der Waals surface area contributed by atoms with Crippen molar-refractivity contribution in [1.29, 1.82) is 0 Å². The average Bonchev–Trinajstić information content (AvgIpc) is 2.74. The van der Waals surface area contributed by atoms with E-state index in [1.807, 2.05) is 6.07 Å². The molecular formula is C15H15NO3S. The van der Waals surface area contributed by atoms with Crippen molar-refractivity contribution < 1.29 is 14.3 Å². The van der Waals surface area contributed by atoms with E-state index in [1.165, 1.54) is 11.1 Å². The lowest BCUT2D eigenvalue weighted by Gasteiger charge is -2.49. The highest BCUT2D eigenvalue weighted by atomic mass is 32.2. The molecule has 1 aromatic rings. The molecule has 1 N–H and O–H groups in total. The third-order valence-corrected chi connectivity index (χ3v) is 5.90. The zero-order valence-electron chi connectivity index (χ0n) is 11.1. The number of thioether (sulfide) groups is 1. The first-order valence-electron chi connectivity index (χ1n) is 6.86.